The minimum Gasteiger partial charge on any atom is -0.368 e. The van der Waals surface area contributed by atoms with Crippen molar-refractivity contribution in [3.05, 3.63) is 83.9 Å². The first-order valence-electron chi connectivity index (χ1n) is 13.0. The summed E-state index contributed by atoms with van der Waals surface area (Å²) in [4.78, 5) is 16.9. The summed E-state index contributed by atoms with van der Waals surface area (Å²) in [6.45, 7) is 4.99. The van der Waals surface area contributed by atoms with Crippen molar-refractivity contribution in [2.24, 2.45) is 11.7 Å². The summed E-state index contributed by atoms with van der Waals surface area (Å²) < 4.78 is 12.2. The average molecular weight is 659 g/mol. The summed E-state index contributed by atoms with van der Waals surface area (Å²) in [6.07, 6.45) is 0.588. The number of nitrogens with zero attached hydrogens (tertiary/aromatic N) is 1. The van der Waals surface area contributed by atoms with Crippen LogP contribution in [0.2, 0.25) is 0 Å². The zero-order valence-corrected chi connectivity index (χ0v) is 25.3. The molecular formula is C30H35IN4O3S. The highest BCUT2D eigenvalue weighted by atomic mass is 127. The second kappa shape index (κ2) is 13.2. The third kappa shape index (κ3) is 6.77. The Morgan fingerprint density at radius 1 is 1.10 bits per heavy atom. The fourth-order valence-corrected chi connectivity index (χ4v) is 6.00. The number of fused-ring (bicyclic) bond motifs is 2. The van der Waals surface area contributed by atoms with Gasteiger partial charge in [0.15, 0.2) is 6.29 Å². The lowest BCUT2D eigenvalue weighted by Gasteiger charge is -2.39. The fraction of sp³-hybridized carbons (Fsp3) is 0.333. The maximum absolute atomic E-state index is 12.8. The molecule has 1 amide bonds. The van der Waals surface area contributed by atoms with E-state index in [4.69, 9.17) is 15.2 Å². The Kier molecular flexibility index (Phi) is 9.92. The maximum atomic E-state index is 12.8. The highest BCUT2D eigenvalue weighted by Crippen LogP contribution is 2.44. The van der Waals surface area contributed by atoms with Gasteiger partial charge in [0.05, 0.1) is 30.6 Å². The van der Waals surface area contributed by atoms with Gasteiger partial charge >= 0.3 is 0 Å². The van der Waals surface area contributed by atoms with E-state index in [1.807, 2.05) is 71.6 Å². The number of para-hydroxylation sites is 1. The van der Waals surface area contributed by atoms with Gasteiger partial charge in [0.1, 0.15) is 11.9 Å². The van der Waals surface area contributed by atoms with Gasteiger partial charge in [-0.25, -0.2) is 0 Å². The number of hydrogen-bond donors (Lipinski definition) is 3. The summed E-state index contributed by atoms with van der Waals surface area (Å²) in [5.74, 6) is 0.0105. The number of anilines is 2. The molecule has 3 atom stereocenters. The van der Waals surface area contributed by atoms with Crippen molar-refractivity contribution in [2.45, 2.75) is 61.5 Å². The molecule has 9 heteroatoms. The van der Waals surface area contributed by atoms with Crippen molar-refractivity contribution in [3.63, 3.8) is 0 Å². The Bertz CT molecular complexity index is 1310. The number of amides is 1. The van der Waals surface area contributed by atoms with Crippen molar-refractivity contribution in [1.82, 2.24) is 4.90 Å². The third-order valence-corrected chi connectivity index (χ3v) is 8.02. The molecule has 0 spiro atoms. The van der Waals surface area contributed by atoms with E-state index in [2.05, 4.69) is 25.2 Å². The lowest BCUT2D eigenvalue weighted by atomic mass is 9.97. The number of hydrogen-bond acceptors (Lipinski definition) is 6. The van der Waals surface area contributed by atoms with Crippen LogP contribution in [-0.4, -0.2) is 41.6 Å². The topological polar surface area (TPSA) is 101 Å². The standard InChI is InChI=1S/C30H34N4O3S.HI/c1-19(2)16-25(29(32)35)34(24-14-15-36-30(24)37-18-20-8-4-3-5-9-20)28(31)21-12-13-27-23(17-21)33-22-10-6-7-11-26(22)38-27;/h3-13,17,19,24-25,30-31,33H,14-16,18H2,1-2H3,(H2,32,35);1H/t24-,25-,30?;/m0./s1. The van der Waals surface area contributed by atoms with Crippen LogP contribution in [0.5, 0.6) is 0 Å². The minimum absolute atomic E-state index is 0. The molecule has 1 saturated heterocycles. The van der Waals surface area contributed by atoms with E-state index in [0.29, 0.717) is 31.6 Å². The van der Waals surface area contributed by atoms with Crippen LogP contribution in [0.1, 0.15) is 37.8 Å². The van der Waals surface area contributed by atoms with Gasteiger partial charge in [0.25, 0.3) is 0 Å². The predicted octanol–water partition coefficient (Wildman–Crippen LogP) is 6.37. The summed E-state index contributed by atoms with van der Waals surface area (Å²) in [7, 11) is 0. The Balaban J connectivity index is 0.00000353. The van der Waals surface area contributed by atoms with E-state index in [1.54, 1.807) is 11.8 Å². The van der Waals surface area contributed by atoms with Crippen LogP contribution in [0, 0.1) is 11.3 Å². The number of carbonyl (C=O) groups is 1. The largest absolute Gasteiger partial charge is 0.368 e. The Labute approximate surface area is 251 Å². The molecule has 0 radical (unpaired) electrons. The van der Waals surface area contributed by atoms with Crippen LogP contribution >= 0.6 is 35.7 Å². The van der Waals surface area contributed by atoms with E-state index in [9.17, 15) is 10.2 Å². The molecule has 39 heavy (non-hydrogen) atoms. The molecule has 0 aromatic heterocycles. The number of primary amides is 1. The van der Waals surface area contributed by atoms with Gasteiger partial charge in [-0.3, -0.25) is 10.2 Å². The van der Waals surface area contributed by atoms with Gasteiger partial charge in [-0.05, 0) is 48.6 Å². The van der Waals surface area contributed by atoms with Crippen LogP contribution in [0.25, 0.3) is 0 Å². The number of nitrogens with one attached hydrogen (secondary N) is 2. The smallest absolute Gasteiger partial charge is 0.240 e. The van der Waals surface area contributed by atoms with E-state index >= 15 is 0 Å². The summed E-state index contributed by atoms with van der Waals surface area (Å²) in [6, 6.07) is 23.1. The average Bonchev–Trinajstić information content (AvgIpc) is 3.38. The SMILES string of the molecule is CC(C)C[C@@H](C(N)=O)N(C(=N)c1ccc2c(c1)Nc1ccccc1S2)[C@H]1CCOC1OCc1ccccc1.I. The van der Waals surface area contributed by atoms with Gasteiger partial charge in [0, 0.05) is 15.4 Å². The van der Waals surface area contributed by atoms with Gasteiger partial charge in [-0.15, -0.1) is 24.0 Å². The molecule has 2 aliphatic rings. The van der Waals surface area contributed by atoms with Gasteiger partial charge in [0.2, 0.25) is 5.91 Å². The number of ether oxygens (including phenoxy) is 2. The van der Waals surface area contributed by atoms with Gasteiger partial charge in [-0.2, -0.15) is 0 Å². The van der Waals surface area contributed by atoms with Crippen molar-refractivity contribution >= 4 is 58.9 Å². The number of rotatable bonds is 9. The molecule has 0 aliphatic carbocycles. The molecule has 2 heterocycles. The first-order valence-corrected chi connectivity index (χ1v) is 13.8. The number of carbonyl (C=O) groups excluding carboxylic acids is 1. The third-order valence-electron chi connectivity index (χ3n) is 6.87. The van der Waals surface area contributed by atoms with E-state index in [1.165, 1.54) is 0 Å². The first kappa shape index (κ1) is 29.4. The van der Waals surface area contributed by atoms with Crippen molar-refractivity contribution < 1.29 is 14.3 Å². The number of nitrogens with two attached hydrogens (primary N) is 1. The second-order valence-corrected chi connectivity index (χ2v) is 11.2. The Morgan fingerprint density at radius 2 is 1.82 bits per heavy atom. The molecule has 206 valence electrons. The highest BCUT2D eigenvalue weighted by Gasteiger charge is 2.41. The lowest BCUT2D eigenvalue weighted by Crippen LogP contribution is -2.56. The minimum atomic E-state index is -0.656. The number of benzene rings is 3. The molecule has 0 bridgehead atoms. The summed E-state index contributed by atoms with van der Waals surface area (Å²) in [5, 5.41) is 12.8. The Morgan fingerprint density at radius 3 is 2.56 bits per heavy atom. The first-order chi connectivity index (χ1) is 18.4. The van der Waals surface area contributed by atoms with Crippen molar-refractivity contribution in [1.29, 1.82) is 5.41 Å². The zero-order chi connectivity index (χ0) is 26.6. The van der Waals surface area contributed by atoms with Crippen LogP contribution in [0.4, 0.5) is 11.4 Å². The zero-order valence-electron chi connectivity index (χ0n) is 22.1. The maximum Gasteiger partial charge on any atom is 0.240 e. The summed E-state index contributed by atoms with van der Waals surface area (Å²) >= 11 is 1.70. The predicted molar refractivity (Wildman–Crippen MR) is 166 cm³/mol. The molecule has 2 aliphatic heterocycles. The van der Waals surface area contributed by atoms with E-state index in [-0.39, 0.29) is 41.8 Å². The molecule has 4 N–H and O–H groups in total. The van der Waals surface area contributed by atoms with Crippen molar-refractivity contribution in [3.8, 4) is 0 Å². The molecular weight excluding hydrogens is 623 g/mol. The summed E-state index contributed by atoms with van der Waals surface area (Å²) in [5.41, 5.74) is 9.70. The number of amidine groups is 1. The molecule has 1 fully saturated rings. The Hall–Kier alpha value is -2.60. The van der Waals surface area contributed by atoms with Crippen LogP contribution < -0.4 is 11.1 Å². The van der Waals surface area contributed by atoms with Gasteiger partial charge in [-0.1, -0.05) is 74.1 Å². The van der Waals surface area contributed by atoms with E-state index < -0.39 is 18.2 Å². The van der Waals surface area contributed by atoms with Crippen LogP contribution in [-0.2, 0) is 20.9 Å². The lowest BCUT2D eigenvalue weighted by molar-refractivity contribution is -0.146. The highest BCUT2D eigenvalue weighted by molar-refractivity contribution is 14.0. The van der Waals surface area contributed by atoms with Gasteiger partial charge < -0.3 is 25.4 Å². The molecule has 3 aromatic rings. The monoisotopic (exact) mass is 658 g/mol. The molecule has 5 rings (SSSR count). The molecule has 1 unspecified atom stereocenters. The molecule has 7 nitrogen and oxygen atoms in total. The van der Waals surface area contributed by atoms with Crippen LogP contribution in [0.15, 0.2) is 82.6 Å². The van der Waals surface area contributed by atoms with Crippen molar-refractivity contribution in [2.75, 3.05) is 11.9 Å². The quantitative estimate of drug-likeness (QED) is 0.110. The van der Waals surface area contributed by atoms with E-state index in [0.717, 1.165) is 26.7 Å². The van der Waals surface area contributed by atoms with Crippen LogP contribution in [0.3, 0.4) is 0 Å². The second-order valence-electron chi connectivity index (χ2n) is 10.1. The number of halogens is 1. The fourth-order valence-electron chi connectivity index (χ4n) is 5.04. The molecule has 3 aromatic carbocycles. The normalized spacial score (nSPS) is 18.3. The molecule has 0 saturated carbocycles.